The van der Waals surface area contributed by atoms with Crippen molar-refractivity contribution in [2.24, 2.45) is 5.92 Å². The number of benzene rings is 1. The van der Waals surface area contributed by atoms with Gasteiger partial charge in [0.1, 0.15) is 15.8 Å². The molecular weight excluding hydrogens is 282 g/mol. The first-order chi connectivity index (χ1) is 10.2. The maximum absolute atomic E-state index is 5.24. The highest BCUT2D eigenvalue weighted by atomic mass is 32.1. The monoisotopic (exact) mass is 305 g/mol. The van der Waals surface area contributed by atoms with E-state index in [9.17, 15) is 0 Å². The van der Waals surface area contributed by atoms with Crippen LogP contribution in [0.25, 0.3) is 0 Å². The van der Waals surface area contributed by atoms with Gasteiger partial charge in [-0.1, -0.05) is 26.0 Å². The van der Waals surface area contributed by atoms with Crippen LogP contribution in [0.4, 0.5) is 0 Å². The molecule has 0 aliphatic heterocycles. The van der Waals surface area contributed by atoms with E-state index < -0.39 is 0 Å². The number of hydrogen-bond donors (Lipinski definition) is 1. The molecule has 0 atom stereocenters. The Morgan fingerprint density at radius 2 is 2.05 bits per heavy atom. The van der Waals surface area contributed by atoms with Gasteiger partial charge in [-0.15, -0.1) is 21.5 Å². The lowest BCUT2D eigenvalue weighted by Gasteiger charge is -2.05. The lowest BCUT2D eigenvalue weighted by molar-refractivity contribution is 0.414. The molecule has 21 heavy (non-hydrogen) atoms. The summed E-state index contributed by atoms with van der Waals surface area (Å²) in [6.07, 6.45) is 1.76. The third-order valence-electron chi connectivity index (χ3n) is 3.07. The topological polar surface area (TPSA) is 47.0 Å². The third-order valence-corrected chi connectivity index (χ3v) is 4.05. The molecule has 0 fully saturated rings. The molecule has 0 aliphatic carbocycles. The zero-order chi connectivity index (χ0) is 15.1. The molecule has 0 unspecified atom stereocenters. The van der Waals surface area contributed by atoms with Crippen LogP contribution in [0.3, 0.4) is 0 Å². The van der Waals surface area contributed by atoms with Crippen LogP contribution in [0.2, 0.25) is 0 Å². The van der Waals surface area contributed by atoms with Crippen molar-refractivity contribution in [1.29, 1.82) is 0 Å². The third kappa shape index (κ3) is 5.44. The van der Waals surface area contributed by atoms with Gasteiger partial charge in [0.15, 0.2) is 0 Å². The number of nitrogens with one attached hydrogen (secondary N) is 1. The fourth-order valence-electron chi connectivity index (χ4n) is 2.00. The first kappa shape index (κ1) is 15.9. The van der Waals surface area contributed by atoms with Crippen molar-refractivity contribution < 1.29 is 4.74 Å². The minimum atomic E-state index is 0.683. The second kappa shape index (κ2) is 8.10. The molecule has 0 radical (unpaired) electrons. The molecule has 4 nitrogen and oxygen atoms in total. The summed E-state index contributed by atoms with van der Waals surface area (Å²) >= 11 is 1.70. The smallest absolute Gasteiger partial charge is 0.121 e. The van der Waals surface area contributed by atoms with E-state index in [0.717, 1.165) is 41.7 Å². The Morgan fingerprint density at radius 1 is 1.24 bits per heavy atom. The molecular formula is C16H23N3OS. The molecule has 0 aliphatic rings. The molecule has 2 rings (SSSR count). The van der Waals surface area contributed by atoms with Crippen molar-refractivity contribution in [2.45, 2.75) is 26.7 Å². The van der Waals surface area contributed by atoms with Crippen LogP contribution in [0.15, 0.2) is 24.3 Å². The molecule has 114 valence electrons. The van der Waals surface area contributed by atoms with Crippen molar-refractivity contribution in [1.82, 2.24) is 15.5 Å². The fraction of sp³-hybridized carbons (Fsp3) is 0.500. The van der Waals surface area contributed by atoms with Gasteiger partial charge in [-0.05, 0) is 30.2 Å². The summed E-state index contributed by atoms with van der Waals surface area (Å²) in [5, 5.41) is 14.1. The number of aromatic nitrogens is 2. The molecule has 1 N–H and O–H groups in total. The zero-order valence-electron chi connectivity index (χ0n) is 12.9. The van der Waals surface area contributed by atoms with Gasteiger partial charge in [-0.2, -0.15) is 0 Å². The molecule has 0 saturated heterocycles. The summed E-state index contributed by atoms with van der Waals surface area (Å²) in [5.74, 6) is 1.57. The predicted molar refractivity (Wildman–Crippen MR) is 87.1 cm³/mol. The van der Waals surface area contributed by atoms with Crippen molar-refractivity contribution in [2.75, 3.05) is 20.2 Å². The van der Waals surface area contributed by atoms with Crippen molar-refractivity contribution in [3.8, 4) is 5.75 Å². The average molecular weight is 305 g/mol. The van der Waals surface area contributed by atoms with Gasteiger partial charge >= 0.3 is 0 Å². The SMILES string of the molecule is COc1cccc(Cc2nnc(CCNCC(C)C)s2)c1. The summed E-state index contributed by atoms with van der Waals surface area (Å²) in [6.45, 7) is 6.44. The second-order valence-corrected chi connectivity index (χ2v) is 6.61. The fourth-order valence-corrected chi connectivity index (χ4v) is 2.88. The van der Waals surface area contributed by atoms with E-state index in [0.29, 0.717) is 5.92 Å². The Bertz CT molecular complexity index is 554. The van der Waals surface area contributed by atoms with Gasteiger partial charge in [-0.3, -0.25) is 0 Å². The van der Waals surface area contributed by atoms with Gasteiger partial charge in [0.05, 0.1) is 7.11 Å². The van der Waals surface area contributed by atoms with Gasteiger partial charge in [0.25, 0.3) is 0 Å². The molecule has 0 spiro atoms. The van der Waals surface area contributed by atoms with E-state index in [-0.39, 0.29) is 0 Å². The summed E-state index contributed by atoms with van der Waals surface area (Å²) in [5.41, 5.74) is 1.20. The molecule has 5 heteroatoms. The van der Waals surface area contributed by atoms with Gasteiger partial charge in [0, 0.05) is 19.4 Å². The van der Waals surface area contributed by atoms with Crippen molar-refractivity contribution >= 4 is 11.3 Å². The van der Waals surface area contributed by atoms with Crippen LogP contribution >= 0.6 is 11.3 Å². The quantitative estimate of drug-likeness (QED) is 0.762. The zero-order valence-corrected chi connectivity index (χ0v) is 13.7. The van der Waals surface area contributed by atoms with Crippen LogP contribution in [-0.4, -0.2) is 30.4 Å². The highest BCUT2D eigenvalue weighted by Gasteiger charge is 2.06. The lowest BCUT2D eigenvalue weighted by Crippen LogP contribution is -2.22. The van der Waals surface area contributed by atoms with Gasteiger partial charge in [0.2, 0.25) is 0 Å². The first-order valence-electron chi connectivity index (χ1n) is 7.32. The van der Waals surface area contributed by atoms with Crippen molar-refractivity contribution in [3.63, 3.8) is 0 Å². The number of nitrogens with zero attached hydrogens (tertiary/aromatic N) is 2. The van der Waals surface area contributed by atoms with Crippen LogP contribution in [-0.2, 0) is 12.8 Å². The second-order valence-electron chi connectivity index (χ2n) is 5.47. The Kier molecular flexibility index (Phi) is 6.14. The predicted octanol–water partition coefficient (Wildman–Crippen LogP) is 2.93. The minimum Gasteiger partial charge on any atom is -0.497 e. The molecule has 0 saturated carbocycles. The van der Waals surface area contributed by atoms with Crippen LogP contribution in [0.1, 0.15) is 29.4 Å². The Morgan fingerprint density at radius 3 is 2.81 bits per heavy atom. The molecule has 2 aromatic rings. The number of hydrogen-bond acceptors (Lipinski definition) is 5. The maximum atomic E-state index is 5.24. The van der Waals surface area contributed by atoms with Crippen LogP contribution in [0.5, 0.6) is 5.75 Å². The lowest BCUT2D eigenvalue weighted by atomic mass is 10.1. The van der Waals surface area contributed by atoms with Gasteiger partial charge in [-0.25, -0.2) is 0 Å². The number of rotatable bonds is 8. The van der Waals surface area contributed by atoms with Gasteiger partial charge < -0.3 is 10.1 Å². The minimum absolute atomic E-state index is 0.683. The summed E-state index contributed by atoms with van der Waals surface area (Å²) in [7, 11) is 1.69. The summed E-state index contributed by atoms with van der Waals surface area (Å²) in [6, 6.07) is 8.10. The van der Waals surface area contributed by atoms with E-state index in [2.05, 4.69) is 35.4 Å². The summed E-state index contributed by atoms with van der Waals surface area (Å²) < 4.78 is 5.24. The Hall–Kier alpha value is -1.46. The molecule has 0 bridgehead atoms. The van der Waals surface area contributed by atoms with E-state index in [1.165, 1.54) is 5.56 Å². The molecule has 1 aromatic heterocycles. The largest absolute Gasteiger partial charge is 0.497 e. The normalized spacial score (nSPS) is 11.0. The Labute approximate surface area is 130 Å². The number of ether oxygens (including phenoxy) is 1. The molecule has 0 amide bonds. The van der Waals surface area contributed by atoms with Crippen LogP contribution < -0.4 is 10.1 Å². The Balaban J connectivity index is 1.84. The van der Waals surface area contributed by atoms with E-state index in [1.807, 2.05) is 18.2 Å². The highest BCUT2D eigenvalue weighted by Crippen LogP contribution is 2.18. The average Bonchev–Trinajstić information content (AvgIpc) is 2.91. The highest BCUT2D eigenvalue weighted by molar-refractivity contribution is 7.11. The standard InChI is InChI=1S/C16H23N3OS/c1-12(2)11-17-8-7-15-18-19-16(21-15)10-13-5-4-6-14(9-13)20-3/h4-6,9,12,17H,7-8,10-11H2,1-3H3. The van der Waals surface area contributed by atoms with E-state index in [1.54, 1.807) is 18.4 Å². The first-order valence-corrected chi connectivity index (χ1v) is 8.14. The number of methoxy groups -OCH3 is 1. The van der Waals surface area contributed by atoms with E-state index in [4.69, 9.17) is 4.74 Å². The summed E-state index contributed by atoms with van der Waals surface area (Å²) in [4.78, 5) is 0. The molecule has 1 aromatic carbocycles. The van der Waals surface area contributed by atoms with E-state index >= 15 is 0 Å². The van der Waals surface area contributed by atoms with Crippen molar-refractivity contribution in [3.05, 3.63) is 39.8 Å². The molecule has 1 heterocycles. The maximum Gasteiger partial charge on any atom is 0.121 e. The van der Waals surface area contributed by atoms with Crippen LogP contribution in [0, 0.1) is 5.92 Å².